The summed E-state index contributed by atoms with van der Waals surface area (Å²) in [5, 5.41) is 3.59. The molecular weight excluding hydrogens is 226 g/mol. The first-order chi connectivity index (χ1) is 8.85. The molecule has 0 amide bonds. The van der Waals surface area contributed by atoms with Crippen LogP contribution < -0.4 is 5.32 Å². The SMILES string of the molecule is CCCNCC1(CCCC2CCCO2)CCOC1. The Morgan fingerprint density at radius 2 is 2.28 bits per heavy atom. The van der Waals surface area contributed by atoms with E-state index in [9.17, 15) is 0 Å². The molecule has 2 unspecified atom stereocenters. The molecule has 2 rings (SSSR count). The van der Waals surface area contributed by atoms with Gasteiger partial charge in [0, 0.05) is 25.2 Å². The quantitative estimate of drug-likeness (QED) is 0.677. The molecule has 3 nitrogen and oxygen atoms in total. The molecular formula is C15H29NO2. The summed E-state index contributed by atoms with van der Waals surface area (Å²) in [4.78, 5) is 0. The van der Waals surface area contributed by atoms with Crippen LogP contribution in [0.4, 0.5) is 0 Å². The van der Waals surface area contributed by atoms with Crippen molar-refractivity contribution in [2.75, 3.05) is 32.9 Å². The lowest BCUT2D eigenvalue weighted by Crippen LogP contribution is -2.35. The maximum atomic E-state index is 5.70. The van der Waals surface area contributed by atoms with E-state index in [1.54, 1.807) is 0 Å². The van der Waals surface area contributed by atoms with Gasteiger partial charge < -0.3 is 14.8 Å². The number of nitrogens with one attached hydrogen (secondary N) is 1. The van der Waals surface area contributed by atoms with Crippen LogP contribution in [0, 0.1) is 5.41 Å². The van der Waals surface area contributed by atoms with Crippen LogP contribution in [0.1, 0.15) is 51.9 Å². The van der Waals surface area contributed by atoms with E-state index in [1.807, 2.05) is 0 Å². The molecule has 0 radical (unpaired) electrons. The van der Waals surface area contributed by atoms with Crippen LogP contribution in [-0.4, -0.2) is 39.0 Å². The van der Waals surface area contributed by atoms with Gasteiger partial charge >= 0.3 is 0 Å². The normalized spacial score (nSPS) is 32.2. The third kappa shape index (κ3) is 4.22. The maximum Gasteiger partial charge on any atom is 0.0576 e. The fourth-order valence-corrected chi connectivity index (χ4v) is 3.18. The van der Waals surface area contributed by atoms with E-state index in [2.05, 4.69) is 12.2 Å². The zero-order chi connectivity index (χ0) is 12.7. The molecule has 2 saturated heterocycles. The van der Waals surface area contributed by atoms with E-state index in [4.69, 9.17) is 9.47 Å². The molecule has 3 heteroatoms. The molecule has 2 aliphatic rings. The smallest absolute Gasteiger partial charge is 0.0576 e. The average Bonchev–Trinajstić information content (AvgIpc) is 3.02. The lowest BCUT2D eigenvalue weighted by molar-refractivity contribution is 0.0938. The van der Waals surface area contributed by atoms with Crippen molar-refractivity contribution < 1.29 is 9.47 Å². The van der Waals surface area contributed by atoms with Crippen LogP contribution in [0.3, 0.4) is 0 Å². The minimum atomic E-state index is 0.410. The Labute approximate surface area is 112 Å². The Balaban J connectivity index is 1.67. The number of hydrogen-bond donors (Lipinski definition) is 1. The van der Waals surface area contributed by atoms with Crippen LogP contribution >= 0.6 is 0 Å². The summed E-state index contributed by atoms with van der Waals surface area (Å²) in [5.41, 5.74) is 0.410. The van der Waals surface area contributed by atoms with Gasteiger partial charge in [0.2, 0.25) is 0 Å². The van der Waals surface area contributed by atoms with Gasteiger partial charge in [-0.3, -0.25) is 0 Å². The summed E-state index contributed by atoms with van der Waals surface area (Å²) in [5.74, 6) is 0. The van der Waals surface area contributed by atoms with E-state index < -0.39 is 0 Å². The van der Waals surface area contributed by atoms with Crippen LogP contribution in [0.2, 0.25) is 0 Å². The molecule has 18 heavy (non-hydrogen) atoms. The monoisotopic (exact) mass is 255 g/mol. The highest BCUT2D eigenvalue weighted by Gasteiger charge is 2.34. The Kier molecular flexibility index (Phi) is 5.93. The summed E-state index contributed by atoms with van der Waals surface area (Å²) in [6.07, 6.45) is 9.37. The van der Waals surface area contributed by atoms with Crippen LogP contribution in [0.5, 0.6) is 0 Å². The number of hydrogen-bond acceptors (Lipinski definition) is 3. The minimum absolute atomic E-state index is 0.410. The van der Waals surface area contributed by atoms with Gasteiger partial charge in [0.05, 0.1) is 12.7 Å². The summed E-state index contributed by atoms with van der Waals surface area (Å²) < 4.78 is 11.3. The van der Waals surface area contributed by atoms with Crippen molar-refractivity contribution >= 4 is 0 Å². The van der Waals surface area contributed by atoms with E-state index in [1.165, 1.54) is 44.9 Å². The second-order valence-corrected chi connectivity index (χ2v) is 6.01. The van der Waals surface area contributed by atoms with Crippen molar-refractivity contribution in [1.29, 1.82) is 0 Å². The van der Waals surface area contributed by atoms with Crippen molar-refractivity contribution in [3.05, 3.63) is 0 Å². The van der Waals surface area contributed by atoms with Gasteiger partial charge in [-0.15, -0.1) is 0 Å². The van der Waals surface area contributed by atoms with E-state index in [0.717, 1.165) is 32.9 Å². The van der Waals surface area contributed by atoms with Gasteiger partial charge in [-0.1, -0.05) is 13.3 Å². The van der Waals surface area contributed by atoms with E-state index in [-0.39, 0.29) is 0 Å². The fraction of sp³-hybridized carbons (Fsp3) is 1.00. The van der Waals surface area contributed by atoms with Crippen molar-refractivity contribution in [1.82, 2.24) is 5.32 Å². The molecule has 2 atom stereocenters. The molecule has 1 N–H and O–H groups in total. The lowest BCUT2D eigenvalue weighted by Gasteiger charge is -2.28. The predicted octanol–water partition coefficient (Wildman–Crippen LogP) is 2.74. The van der Waals surface area contributed by atoms with E-state index in [0.29, 0.717) is 11.5 Å². The summed E-state index contributed by atoms with van der Waals surface area (Å²) in [6, 6.07) is 0. The average molecular weight is 255 g/mol. The Hall–Kier alpha value is -0.120. The largest absolute Gasteiger partial charge is 0.381 e. The topological polar surface area (TPSA) is 30.5 Å². The first-order valence-electron chi connectivity index (χ1n) is 7.75. The first kappa shape index (κ1) is 14.3. The molecule has 0 aromatic heterocycles. The van der Waals surface area contributed by atoms with Gasteiger partial charge in [-0.25, -0.2) is 0 Å². The van der Waals surface area contributed by atoms with Gasteiger partial charge in [-0.05, 0) is 45.1 Å². The lowest BCUT2D eigenvalue weighted by atomic mass is 9.81. The second kappa shape index (κ2) is 7.46. The Morgan fingerprint density at radius 1 is 1.33 bits per heavy atom. The standard InChI is InChI=1S/C15H29NO2/c1-2-9-16-12-15(8-11-17-13-15)7-3-5-14-6-4-10-18-14/h14,16H,2-13H2,1H3. The Bertz CT molecular complexity index is 221. The van der Waals surface area contributed by atoms with Crippen LogP contribution in [0.15, 0.2) is 0 Å². The summed E-state index contributed by atoms with van der Waals surface area (Å²) in [7, 11) is 0. The zero-order valence-corrected chi connectivity index (χ0v) is 11.9. The van der Waals surface area contributed by atoms with Crippen molar-refractivity contribution in [2.24, 2.45) is 5.41 Å². The molecule has 0 aromatic rings. The number of rotatable bonds is 8. The van der Waals surface area contributed by atoms with Gasteiger partial charge in [-0.2, -0.15) is 0 Å². The van der Waals surface area contributed by atoms with Gasteiger partial charge in [0.25, 0.3) is 0 Å². The van der Waals surface area contributed by atoms with Gasteiger partial charge in [0.15, 0.2) is 0 Å². The molecule has 2 aliphatic heterocycles. The van der Waals surface area contributed by atoms with Crippen molar-refractivity contribution in [3.63, 3.8) is 0 Å². The number of ether oxygens (including phenoxy) is 2. The Morgan fingerprint density at radius 3 is 2.94 bits per heavy atom. The third-order valence-corrected chi connectivity index (χ3v) is 4.37. The van der Waals surface area contributed by atoms with Crippen molar-refractivity contribution in [3.8, 4) is 0 Å². The molecule has 0 bridgehead atoms. The molecule has 0 saturated carbocycles. The molecule has 0 spiro atoms. The molecule has 0 aromatic carbocycles. The van der Waals surface area contributed by atoms with Crippen LogP contribution in [-0.2, 0) is 9.47 Å². The van der Waals surface area contributed by atoms with E-state index >= 15 is 0 Å². The first-order valence-corrected chi connectivity index (χ1v) is 7.75. The molecule has 0 aliphatic carbocycles. The summed E-state index contributed by atoms with van der Waals surface area (Å²) >= 11 is 0. The second-order valence-electron chi connectivity index (χ2n) is 6.01. The molecule has 106 valence electrons. The van der Waals surface area contributed by atoms with Gasteiger partial charge in [0.1, 0.15) is 0 Å². The maximum absolute atomic E-state index is 5.70. The summed E-state index contributed by atoms with van der Waals surface area (Å²) in [6.45, 7) is 7.38. The highest BCUT2D eigenvalue weighted by Crippen LogP contribution is 2.34. The van der Waals surface area contributed by atoms with Crippen LogP contribution in [0.25, 0.3) is 0 Å². The third-order valence-electron chi connectivity index (χ3n) is 4.37. The predicted molar refractivity (Wildman–Crippen MR) is 73.9 cm³/mol. The fourth-order valence-electron chi connectivity index (χ4n) is 3.18. The minimum Gasteiger partial charge on any atom is -0.381 e. The highest BCUT2D eigenvalue weighted by atomic mass is 16.5. The zero-order valence-electron chi connectivity index (χ0n) is 11.9. The van der Waals surface area contributed by atoms with Crippen molar-refractivity contribution in [2.45, 2.75) is 58.0 Å². The highest BCUT2D eigenvalue weighted by molar-refractivity contribution is 4.85. The molecule has 2 fully saturated rings. The molecule has 2 heterocycles.